The van der Waals surface area contributed by atoms with E-state index in [4.69, 9.17) is 4.74 Å². The van der Waals surface area contributed by atoms with E-state index in [2.05, 4.69) is 24.4 Å². The van der Waals surface area contributed by atoms with Crippen LogP contribution >= 0.6 is 0 Å². The van der Waals surface area contributed by atoms with Crippen molar-refractivity contribution in [1.29, 1.82) is 0 Å². The summed E-state index contributed by atoms with van der Waals surface area (Å²) in [4.78, 5) is 0. The van der Waals surface area contributed by atoms with Gasteiger partial charge in [0, 0.05) is 12.1 Å². The van der Waals surface area contributed by atoms with Crippen LogP contribution in [-0.2, 0) is 6.42 Å². The number of rotatable bonds is 7. The van der Waals surface area contributed by atoms with Gasteiger partial charge in [0.05, 0.1) is 7.11 Å². The van der Waals surface area contributed by atoms with Gasteiger partial charge >= 0.3 is 0 Å². The molecule has 0 heterocycles. The number of halogens is 1. The Morgan fingerprint density at radius 1 is 1.14 bits per heavy atom. The van der Waals surface area contributed by atoms with Gasteiger partial charge < -0.3 is 10.1 Å². The predicted octanol–water partition coefficient (Wildman–Crippen LogP) is 4.12. The lowest BCUT2D eigenvalue weighted by Crippen LogP contribution is -2.21. The average Bonchev–Trinajstić information content (AvgIpc) is 2.53. The Kier molecular flexibility index (Phi) is 5.76. The summed E-state index contributed by atoms with van der Waals surface area (Å²) in [6.45, 7) is 2.98. The van der Waals surface area contributed by atoms with E-state index in [0.29, 0.717) is 12.2 Å². The first-order chi connectivity index (χ1) is 10.2. The molecule has 0 amide bonds. The fourth-order valence-corrected chi connectivity index (χ4v) is 2.48. The summed E-state index contributed by atoms with van der Waals surface area (Å²) in [5.74, 6) is 0.361. The quantitative estimate of drug-likeness (QED) is 0.827. The van der Waals surface area contributed by atoms with Crippen molar-refractivity contribution in [2.45, 2.75) is 25.8 Å². The van der Waals surface area contributed by atoms with Gasteiger partial charge in [-0.15, -0.1) is 0 Å². The standard InChI is InChI=1S/C18H22FNO/c1-3-20-18(15-7-5-4-6-8-15)12-10-14-9-11-16(21-2)13-17(14)19/h4-9,11,13,18,20H,3,10,12H2,1-2H3. The summed E-state index contributed by atoms with van der Waals surface area (Å²) >= 11 is 0. The maximum Gasteiger partial charge on any atom is 0.130 e. The molecule has 2 aromatic carbocycles. The normalized spacial score (nSPS) is 12.1. The number of aryl methyl sites for hydroxylation is 1. The molecule has 0 saturated heterocycles. The van der Waals surface area contributed by atoms with Gasteiger partial charge in [-0.2, -0.15) is 0 Å². The average molecular weight is 287 g/mol. The van der Waals surface area contributed by atoms with Gasteiger partial charge in [-0.25, -0.2) is 4.39 Å². The molecule has 112 valence electrons. The van der Waals surface area contributed by atoms with E-state index in [-0.39, 0.29) is 11.9 Å². The van der Waals surface area contributed by atoms with Gasteiger partial charge in [0.1, 0.15) is 11.6 Å². The molecule has 0 aliphatic heterocycles. The molecule has 2 aromatic rings. The number of hydrogen-bond acceptors (Lipinski definition) is 2. The van der Waals surface area contributed by atoms with Crippen molar-refractivity contribution >= 4 is 0 Å². The molecule has 2 rings (SSSR count). The van der Waals surface area contributed by atoms with E-state index in [0.717, 1.165) is 18.5 Å². The summed E-state index contributed by atoms with van der Waals surface area (Å²) in [6.07, 6.45) is 1.56. The molecule has 1 unspecified atom stereocenters. The Hall–Kier alpha value is -1.87. The Morgan fingerprint density at radius 3 is 2.52 bits per heavy atom. The SMILES string of the molecule is CCNC(CCc1ccc(OC)cc1F)c1ccccc1. The highest BCUT2D eigenvalue weighted by Gasteiger charge is 2.12. The molecule has 3 heteroatoms. The monoisotopic (exact) mass is 287 g/mol. The first kappa shape index (κ1) is 15.5. The molecule has 0 saturated carbocycles. The van der Waals surface area contributed by atoms with E-state index in [1.807, 2.05) is 30.3 Å². The largest absolute Gasteiger partial charge is 0.497 e. The van der Waals surface area contributed by atoms with E-state index < -0.39 is 0 Å². The second-order valence-electron chi connectivity index (χ2n) is 5.02. The molecule has 2 nitrogen and oxygen atoms in total. The highest BCUT2D eigenvalue weighted by atomic mass is 19.1. The lowest BCUT2D eigenvalue weighted by molar-refractivity contribution is 0.410. The second kappa shape index (κ2) is 7.79. The number of nitrogens with one attached hydrogen (secondary N) is 1. The minimum absolute atomic E-state index is 0.197. The van der Waals surface area contributed by atoms with Crippen LogP contribution in [0, 0.1) is 5.82 Å². The van der Waals surface area contributed by atoms with E-state index in [9.17, 15) is 4.39 Å². The van der Waals surface area contributed by atoms with Crippen LogP contribution in [0.5, 0.6) is 5.75 Å². The van der Waals surface area contributed by atoms with Gasteiger partial charge in [0.15, 0.2) is 0 Å². The van der Waals surface area contributed by atoms with Crippen LogP contribution in [0.2, 0.25) is 0 Å². The third-order valence-corrected chi connectivity index (χ3v) is 3.62. The predicted molar refractivity (Wildman–Crippen MR) is 84.1 cm³/mol. The van der Waals surface area contributed by atoms with Gasteiger partial charge in [0.25, 0.3) is 0 Å². The minimum atomic E-state index is -0.197. The molecule has 0 fully saturated rings. The second-order valence-corrected chi connectivity index (χ2v) is 5.02. The molecule has 0 aliphatic carbocycles. The number of hydrogen-bond donors (Lipinski definition) is 1. The van der Waals surface area contributed by atoms with Crippen molar-refractivity contribution in [2.24, 2.45) is 0 Å². The van der Waals surface area contributed by atoms with E-state index >= 15 is 0 Å². The van der Waals surface area contributed by atoms with Crippen LogP contribution in [0.25, 0.3) is 0 Å². The number of ether oxygens (including phenoxy) is 1. The summed E-state index contributed by atoms with van der Waals surface area (Å²) in [5, 5.41) is 3.46. The third-order valence-electron chi connectivity index (χ3n) is 3.62. The minimum Gasteiger partial charge on any atom is -0.497 e. The molecule has 0 bridgehead atoms. The third kappa shape index (κ3) is 4.30. The van der Waals surface area contributed by atoms with Crippen LogP contribution in [0.15, 0.2) is 48.5 Å². The molecule has 21 heavy (non-hydrogen) atoms. The fraction of sp³-hybridized carbons (Fsp3) is 0.333. The van der Waals surface area contributed by atoms with Gasteiger partial charge in [-0.05, 0) is 36.6 Å². The zero-order chi connectivity index (χ0) is 15.1. The number of methoxy groups -OCH3 is 1. The van der Waals surface area contributed by atoms with Crippen LogP contribution in [0.4, 0.5) is 4.39 Å². The van der Waals surface area contributed by atoms with Crippen molar-refractivity contribution in [3.8, 4) is 5.75 Å². The van der Waals surface area contributed by atoms with Gasteiger partial charge in [-0.3, -0.25) is 0 Å². The molecule has 1 N–H and O–H groups in total. The molecular formula is C18H22FNO. The highest BCUT2D eigenvalue weighted by molar-refractivity contribution is 5.29. The van der Waals surface area contributed by atoms with Crippen LogP contribution in [-0.4, -0.2) is 13.7 Å². The van der Waals surface area contributed by atoms with Gasteiger partial charge in [-0.1, -0.05) is 43.3 Å². The molecule has 0 spiro atoms. The first-order valence-corrected chi connectivity index (χ1v) is 7.35. The van der Waals surface area contributed by atoms with E-state index in [1.165, 1.54) is 11.6 Å². The summed E-state index contributed by atoms with van der Waals surface area (Å²) in [6, 6.07) is 15.6. The van der Waals surface area contributed by atoms with Crippen LogP contribution in [0.1, 0.15) is 30.5 Å². The van der Waals surface area contributed by atoms with Crippen LogP contribution < -0.4 is 10.1 Å². The summed E-state index contributed by atoms with van der Waals surface area (Å²) in [5.41, 5.74) is 1.97. The van der Waals surface area contributed by atoms with Crippen LogP contribution in [0.3, 0.4) is 0 Å². The lowest BCUT2D eigenvalue weighted by Gasteiger charge is -2.18. The first-order valence-electron chi connectivity index (χ1n) is 7.35. The van der Waals surface area contributed by atoms with Crippen molar-refractivity contribution in [3.63, 3.8) is 0 Å². The summed E-state index contributed by atoms with van der Waals surface area (Å²) < 4.78 is 19.0. The van der Waals surface area contributed by atoms with Crippen molar-refractivity contribution < 1.29 is 9.13 Å². The molecule has 0 radical (unpaired) electrons. The molecule has 0 aliphatic rings. The Labute approximate surface area is 126 Å². The van der Waals surface area contributed by atoms with Crippen molar-refractivity contribution in [3.05, 3.63) is 65.5 Å². The summed E-state index contributed by atoms with van der Waals surface area (Å²) in [7, 11) is 1.55. The zero-order valence-electron chi connectivity index (χ0n) is 12.6. The smallest absolute Gasteiger partial charge is 0.130 e. The highest BCUT2D eigenvalue weighted by Crippen LogP contribution is 2.22. The number of benzene rings is 2. The maximum absolute atomic E-state index is 14.0. The Balaban J connectivity index is 2.05. The topological polar surface area (TPSA) is 21.3 Å². The Morgan fingerprint density at radius 2 is 1.90 bits per heavy atom. The molecule has 1 atom stereocenters. The van der Waals surface area contributed by atoms with Crippen molar-refractivity contribution in [1.82, 2.24) is 5.32 Å². The fourth-order valence-electron chi connectivity index (χ4n) is 2.48. The maximum atomic E-state index is 14.0. The Bertz CT molecular complexity index is 556. The van der Waals surface area contributed by atoms with Crippen molar-refractivity contribution in [2.75, 3.05) is 13.7 Å². The zero-order valence-corrected chi connectivity index (χ0v) is 12.6. The van der Waals surface area contributed by atoms with E-state index in [1.54, 1.807) is 7.11 Å². The lowest BCUT2D eigenvalue weighted by atomic mass is 9.98. The molecule has 0 aromatic heterocycles. The van der Waals surface area contributed by atoms with Gasteiger partial charge in [0.2, 0.25) is 0 Å². The molecular weight excluding hydrogens is 265 g/mol.